The molecule has 0 aromatic carbocycles. The van der Waals surface area contributed by atoms with Gasteiger partial charge in [-0.3, -0.25) is 9.59 Å². The van der Waals surface area contributed by atoms with E-state index < -0.39 is 0 Å². The molecule has 0 bridgehead atoms. The number of esters is 2. The van der Waals surface area contributed by atoms with Crippen LogP contribution in [-0.4, -0.2) is 71.6 Å². The summed E-state index contributed by atoms with van der Waals surface area (Å²) in [5.74, 6) is -0.0671. The fourth-order valence-corrected chi connectivity index (χ4v) is 7.82. The molecule has 0 aliphatic carbocycles. The number of unbranched alkanes of at least 4 members (excludes halogenated alkanes) is 23. The van der Waals surface area contributed by atoms with E-state index in [1.54, 1.807) is 0 Å². The van der Waals surface area contributed by atoms with Gasteiger partial charge in [-0.25, -0.2) is 0 Å². The molecule has 2 N–H and O–H groups in total. The van der Waals surface area contributed by atoms with Crippen LogP contribution in [0.2, 0.25) is 0 Å². The molecule has 56 heavy (non-hydrogen) atoms. The molecule has 0 heterocycles. The molecular formula is C49H97NO6. The standard InChI is InChI=1S/C49H97NO6/c1-5-9-12-15-19-27-36-46(8-4)55-48(53)39-30-22-18-23-32-41-50(42-33-25-34-43-51)44-45(52)35-26-24-31-40-49(54)56-47(37-28-20-16-13-10-6-2)38-29-21-17-14-11-7-3/h45-47,51-52H,5-44H2,1-4H3. The van der Waals surface area contributed by atoms with Gasteiger partial charge in [-0.15, -0.1) is 0 Å². The molecule has 0 saturated carbocycles. The largest absolute Gasteiger partial charge is 0.462 e. The van der Waals surface area contributed by atoms with Gasteiger partial charge in [0, 0.05) is 26.0 Å². The summed E-state index contributed by atoms with van der Waals surface area (Å²) >= 11 is 0. The molecule has 2 unspecified atom stereocenters. The summed E-state index contributed by atoms with van der Waals surface area (Å²) in [6.45, 7) is 11.7. The molecule has 0 amide bonds. The van der Waals surface area contributed by atoms with Gasteiger partial charge in [-0.1, -0.05) is 156 Å². The lowest BCUT2D eigenvalue weighted by Crippen LogP contribution is -2.34. The molecule has 0 rings (SSSR count). The van der Waals surface area contributed by atoms with Crippen molar-refractivity contribution in [3.63, 3.8) is 0 Å². The average molecular weight is 796 g/mol. The molecule has 0 aliphatic heterocycles. The predicted octanol–water partition coefficient (Wildman–Crippen LogP) is 13.6. The Hall–Kier alpha value is -1.18. The van der Waals surface area contributed by atoms with Crippen molar-refractivity contribution in [2.24, 2.45) is 0 Å². The number of carbonyl (C=O) groups is 2. The summed E-state index contributed by atoms with van der Waals surface area (Å²) in [6.07, 6.45) is 39.1. The molecule has 0 radical (unpaired) electrons. The molecule has 0 aromatic rings. The van der Waals surface area contributed by atoms with Gasteiger partial charge in [0.1, 0.15) is 12.2 Å². The molecular weight excluding hydrogens is 699 g/mol. The van der Waals surface area contributed by atoms with E-state index in [0.717, 1.165) is 135 Å². The van der Waals surface area contributed by atoms with Gasteiger partial charge in [0.25, 0.3) is 0 Å². The SMILES string of the molecule is CCCCCCCCC(CC)OC(=O)CCCCCCCN(CCCCCO)CC(O)CCCCCC(=O)OC(CCCCCCCC)CCCCCCCC. The van der Waals surface area contributed by atoms with Crippen LogP contribution >= 0.6 is 0 Å². The molecule has 7 nitrogen and oxygen atoms in total. The number of aliphatic hydroxyl groups excluding tert-OH is 2. The quantitative estimate of drug-likeness (QED) is 0.0468. The van der Waals surface area contributed by atoms with Crippen molar-refractivity contribution in [2.75, 3.05) is 26.2 Å². The number of aliphatic hydroxyl groups is 2. The molecule has 0 aliphatic rings. The second-order valence-electron chi connectivity index (χ2n) is 17.2. The average Bonchev–Trinajstić information content (AvgIpc) is 3.19. The van der Waals surface area contributed by atoms with Crippen LogP contribution in [-0.2, 0) is 19.1 Å². The van der Waals surface area contributed by atoms with Crippen molar-refractivity contribution in [1.29, 1.82) is 0 Å². The van der Waals surface area contributed by atoms with Crippen LogP contribution in [0.3, 0.4) is 0 Å². The van der Waals surface area contributed by atoms with Crippen LogP contribution in [0.15, 0.2) is 0 Å². The monoisotopic (exact) mass is 796 g/mol. The highest BCUT2D eigenvalue weighted by molar-refractivity contribution is 5.69. The van der Waals surface area contributed by atoms with Crippen LogP contribution in [0.5, 0.6) is 0 Å². The fraction of sp³-hybridized carbons (Fsp3) is 0.959. The number of ether oxygens (including phenoxy) is 2. The van der Waals surface area contributed by atoms with Crippen LogP contribution in [0.1, 0.15) is 259 Å². The van der Waals surface area contributed by atoms with E-state index in [0.29, 0.717) is 19.4 Å². The molecule has 0 saturated heterocycles. The zero-order valence-electron chi connectivity index (χ0n) is 38.0. The van der Waals surface area contributed by atoms with E-state index in [-0.39, 0.29) is 36.9 Å². The number of hydrogen-bond donors (Lipinski definition) is 2. The Morgan fingerprint density at radius 3 is 1.27 bits per heavy atom. The maximum atomic E-state index is 12.8. The lowest BCUT2D eigenvalue weighted by atomic mass is 10.0. The highest BCUT2D eigenvalue weighted by Crippen LogP contribution is 2.19. The summed E-state index contributed by atoms with van der Waals surface area (Å²) in [7, 11) is 0. The summed E-state index contributed by atoms with van der Waals surface area (Å²) in [5, 5.41) is 20.1. The lowest BCUT2D eigenvalue weighted by molar-refractivity contribution is -0.150. The molecule has 2 atom stereocenters. The summed E-state index contributed by atoms with van der Waals surface area (Å²) < 4.78 is 11.8. The Morgan fingerprint density at radius 2 is 0.804 bits per heavy atom. The number of nitrogens with zero attached hydrogens (tertiary/aromatic N) is 1. The third-order valence-electron chi connectivity index (χ3n) is 11.6. The lowest BCUT2D eigenvalue weighted by Gasteiger charge is -2.25. The highest BCUT2D eigenvalue weighted by Gasteiger charge is 2.16. The fourth-order valence-electron chi connectivity index (χ4n) is 7.82. The van der Waals surface area contributed by atoms with Gasteiger partial charge < -0.3 is 24.6 Å². The van der Waals surface area contributed by atoms with Gasteiger partial charge in [0.15, 0.2) is 0 Å². The van der Waals surface area contributed by atoms with Crippen molar-refractivity contribution >= 4 is 11.9 Å². The maximum Gasteiger partial charge on any atom is 0.306 e. The van der Waals surface area contributed by atoms with E-state index >= 15 is 0 Å². The van der Waals surface area contributed by atoms with Crippen molar-refractivity contribution in [1.82, 2.24) is 4.90 Å². The molecule has 0 fully saturated rings. The minimum Gasteiger partial charge on any atom is -0.462 e. The zero-order valence-corrected chi connectivity index (χ0v) is 38.0. The number of carbonyl (C=O) groups excluding carboxylic acids is 2. The Balaban J connectivity index is 4.38. The van der Waals surface area contributed by atoms with Gasteiger partial charge >= 0.3 is 11.9 Å². The first-order valence-corrected chi connectivity index (χ1v) is 24.8. The second kappa shape index (κ2) is 43.4. The number of hydrogen-bond acceptors (Lipinski definition) is 7. The maximum absolute atomic E-state index is 12.8. The normalized spacial score (nSPS) is 12.8. The first-order valence-electron chi connectivity index (χ1n) is 24.8. The topological polar surface area (TPSA) is 96.3 Å². The zero-order chi connectivity index (χ0) is 41.2. The number of rotatable bonds is 45. The third-order valence-corrected chi connectivity index (χ3v) is 11.6. The van der Waals surface area contributed by atoms with Crippen molar-refractivity contribution < 1.29 is 29.3 Å². The Morgan fingerprint density at radius 1 is 0.446 bits per heavy atom. The molecule has 0 aromatic heterocycles. The Kier molecular flexibility index (Phi) is 42.5. The van der Waals surface area contributed by atoms with E-state index in [2.05, 4.69) is 32.6 Å². The van der Waals surface area contributed by atoms with Gasteiger partial charge in [-0.05, 0) is 103 Å². The first-order chi connectivity index (χ1) is 27.4. The first kappa shape index (κ1) is 54.8. The van der Waals surface area contributed by atoms with Gasteiger partial charge in [0.05, 0.1) is 6.10 Å². The van der Waals surface area contributed by atoms with Crippen LogP contribution in [0, 0.1) is 0 Å². The summed E-state index contributed by atoms with van der Waals surface area (Å²) in [4.78, 5) is 27.6. The summed E-state index contributed by atoms with van der Waals surface area (Å²) in [6, 6.07) is 0. The molecule has 7 heteroatoms. The smallest absolute Gasteiger partial charge is 0.306 e. The Bertz CT molecular complexity index is 808. The minimum absolute atomic E-state index is 0.0305. The summed E-state index contributed by atoms with van der Waals surface area (Å²) in [5.41, 5.74) is 0. The molecule has 0 spiro atoms. The second-order valence-corrected chi connectivity index (χ2v) is 17.2. The minimum atomic E-state index is -0.363. The van der Waals surface area contributed by atoms with Crippen LogP contribution < -0.4 is 0 Å². The highest BCUT2D eigenvalue weighted by atomic mass is 16.5. The predicted molar refractivity (Wildman–Crippen MR) is 238 cm³/mol. The van der Waals surface area contributed by atoms with Gasteiger partial charge in [-0.2, -0.15) is 0 Å². The molecule has 334 valence electrons. The van der Waals surface area contributed by atoms with E-state index in [4.69, 9.17) is 9.47 Å². The van der Waals surface area contributed by atoms with Crippen molar-refractivity contribution in [2.45, 2.75) is 277 Å². The van der Waals surface area contributed by atoms with Crippen LogP contribution in [0.25, 0.3) is 0 Å². The van der Waals surface area contributed by atoms with Gasteiger partial charge in [0.2, 0.25) is 0 Å². The van der Waals surface area contributed by atoms with Crippen molar-refractivity contribution in [3.8, 4) is 0 Å². The van der Waals surface area contributed by atoms with E-state index in [1.165, 1.54) is 96.3 Å². The third kappa shape index (κ3) is 38.3. The van der Waals surface area contributed by atoms with Crippen molar-refractivity contribution in [3.05, 3.63) is 0 Å². The Labute approximate surface area is 348 Å². The van der Waals surface area contributed by atoms with E-state index in [9.17, 15) is 19.8 Å². The van der Waals surface area contributed by atoms with E-state index in [1.807, 2.05) is 0 Å². The van der Waals surface area contributed by atoms with Crippen LogP contribution in [0.4, 0.5) is 0 Å².